The maximum absolute atomic E-state index is 4.31. The number of nitrogens with one attached hydrogen (secondary N) is 1. The molecule has 1 fully saturated rings. The summed E-state index contributed by atoms with van der Waals surface area (Å²) in [6, 6.07) is 0.448. The van der Waals surface area contributed by atoms with Crippen molar-refractivity contribution in [2.45, 2.75) is 25.8 Å². The summed E-state index contributed by atoms with van der Waals surface area (Å²) in [5.74, 6) is 1.90. The van der Waals surface area contributed by atoms with Crippen molar-refractivity contribution in [2.75, 3.05) is 13.1 Å². The van der Waals surface area contributed by atoms with Gasteiger partial charge >= 0.3 is 0 Å². The van der Waals surface area contributed by atoms with Crippen molar-refractivity contribution < 1.29 is 0 Å². The van der Waals surface area contributed by atoms with Crippen molar-refractivity contribution in [1.82, 2.24) is 29.9 Å². The summed E-state index contributed by atoms with van der Waals surface area (Å²) < 4.78 is 4.03. The number of aryl methyl sites for hydroxylation is 2. The Kier molecular flexibility index (Phi) is 2.87. The molecule has 6 heteroatoms. The standard InChI is InChI=1S/C12H18N6/c1-9-15-16-12(10-6-14-17(2)8-10)18(9)11-4-3-5-13-7-11/h6,8,11,13H,3-5,7H2,1-2H3. The highest BCUT2D eigenvalue weighted by Crippen LogP contribution is 2.25. The fraction of sp³-hybridized carbons (Fsp3) is 0.583. The van der Waals surface area contributed by atoms with Crippen LogP contribution in [0.2, 0.25) is 0 Å². The molecular formula is C12H18N6. The van der Waals surface area contributed by atoms with Gasteiger partial charge in [-0.15, -0.1) is 10.2 Å². The van der Waals surface area contributed by atoms with E-state index in [4.69, 9.17) is 0 Å². The number of piperidine rings is 1. The molecule has 1 saturated heterocycles. The molecule has 1 aliphatic rings. The lowest BCUT2D eigenvalue weighted by Gasteiger charge is -2.25. The van der Waals surface area contributed by atoms with E-state index in [-0.39, 0.29) is 0 Å². The molecule has 6 nitrogen and oxygen atoms in total. The molecule has 1 N–H and O–H groups in total. The summed E-state index contributed by atoms with van der Waals surface area (Å²) in [6.07, 6.45) is 6.21. The first kappa shape index (κ1) is 11.4. The molecule has 1 atom stereocenters. The van der Waals surface area contributed by atoms with Crippen LogP contribution in [-0.4, -0.2) is 37.6 Å². The van der Waals surface area contributed by atoms with Gasteiger partial charge in [-0.1, -0.05) is 0 Å². The smallest absolute Gasteiger partial charge is 0.167 e. The van der Waals surface area contributed by atoms with Gasteiger partial charge in [-0.2, -0.15) is 5.10 Å². The Morgan fingerprint density at radius 2 is 2.28 bits per heavy atom. The highest BCUT2D eigenvalue weighted by Gasteiger charge is 2.22. The summed E-state index contributed by atoms with van der Waals surface area (Å²) >= 11 is 0. The molecule has 1 unspecified atom stereocenters. The summed E-state index contributed by atoms with van der Waals surface area (Å²) in [5, 5.41) is 16.2. The van der Waals surface area contributed by atoms with Gasteiger partial charge < -0.3 is 9.88 Å². The van der Waals surface area contributed by atoms with Gasteiger partial charge in [0.1, 0.15) is 5.82 Å². The Hall–Kier alpha value is -1.69. The van der Waals surface area contributed by atoms with E-state index in [1.54, 1.807) is 4.68 Å². The van der Waals surface area contributed by atoms with E-state index in [0.717, 1.165) is 30.3 Å². The Labute approximate surface area is 106 Å². The average molecular weight is 246 g/mol. The monoisotopic (exact) mass is 246 g/mol. The largest absolute Gasteiger partial charge is 0.315 e. The van der Waals surface area contributed by atoms with Crippen LogP contribution in [-0.2, 0) is 7.05 Å². The average Bonchev–Trinajstić information content (AvgIpc) is 2.96. The molecule has 0 aromatic carbocycles. The van der Waals surface area contributed by atoms with Crippen LogP contribution < -0.4 is 5.32 Å². The first-order chi connectivity index (χ1) is 8.75. The molecule has 0 radical (unpaired) electrons. The summed E-state index contributed by atoms with van der Waals surface area (Å²) in [7, 11) is 1.92. The summed E-state index contributed by atoms with van der Waals surface area (Å²) in [6.45, 7) is 4.12. The van der Waals surface area contributed by atoms with Gasteiger partial charge in [0.2, 0.25) is 0 Å². The molecular weight excluding hydrogens is 228 g/mol. The van der Waals surface area contributed by atoms with Gasteiger partial charge in [-0.25, -0.2) is 0 Å². The quantitative estimate of drug-likeness (QED) is 0.855. The molecule has 0 spiro atoms. The van der Waals surface area contributed by atoms with Crippen LogP contribution in [0.15, 0.2) is 12.4 Å². The molecule has 0 aliphatic carbocycles. The Balaban J connectivity index is 2.00. The van der Waals surface area contributed by atoms with E-state index in [1.165, 1.54) is 12.8 Å². The van der Waals surface area contributed by atoms with E-state index < -0.39 is 0 Å². The first-order valence-electron chi connectivity index (χ1n) is 6.37. The number of hydrogen-bond donors (Lipinski definition) is 1. The second-order valence-corrected chi connectivity index (χ2v) is 4.84. The van der Waals surface area contributed by atoms with Crippen LogP contribution in [0.25, 0.3) is 11.4 Å². The maximum Gasteiger partial charge on any atom is 0.167 e. The van der Waals surface area contributed by atoms with Gasteiger partial charge in [-0.05, 0) is 26.3 Å². The van der Waals surface area contributed by atoms with E-state index in [1.807, 2.05) is 26.4 Å². The van der Waals surface area contributed by atoms with Crippen LogP contribution in [0, 0.1) is 6.92 Å². The second-order valence-electron chi connectivity index (χ2n) is 4.84. The molecule has 0 amide bonds. The van der Waals surface area contributed by atoms with Crippen LogP contribution in [0.5, 0.6) is 0 Å². The Bertz CT molecular complexity index is 535. The number of hydrogen-bond acceptors (Lipinski definition) is 4. The minimum atomic E-state index is 0.448. The van der Waals surface area contributed by atoms with E-state index in [0.29, 0.717) is 6.04 Å². The Morgan fingerprint density at radius 1 is 1.39 bits per heavy atom. The van der Waals surface area contributed by atoms with E-state index >= 15 is 0 Å². The Morgan fingerprint density at radius 3 is 2.94 bits per heavy atom. The maximum atomic E-state index is 4.31. The molecule has 1 aliphatic heterocycles. The molecule has 3 heterocycles. The minimum Gasteiger partial charge on any atom is -0.315 e. The van der Waals surface area contributed by atoms with Crippen molar-refractivity contribution in [3.05, 3.63) is 18.2 Å². The first-order valence-corrected chi connectivity index (χ1v) is 6.37. The summed E-state index contributed by atoms with van der Waals surface area (Å²) in [5.41, 5.74) is 1.03. The van der Waals surface area contributed by atoms with Gasteiger partial charge in [0, 0.05) is 25.8 Å². The third-order valence-electron chi connectivity index (χ3n) is 3.47. The van der Waals surface area contributed by atoms with Gasteiger partial charge in [-0.3, -0.25) is 4.68 Å². The lowest BCUT2D eigenvalue weighted by molar-refractivity contribution is 0.368. The SMILES string of the molecule is Cc1nnc(-c2cnn(C)c2)n1C1CCCNC1. The zero-order chi connectivity index (χ0) is 12.5. The van der Waals surface area contributed by atoms with E-state index in [2.05, 4.69) is 25.2 Å². The van der Waals surface area contributed by atoms with Crippen molar-refractivity contribution >= 4 is 0 Å². The highest BCUT2D eigenvalue weighted by molar-refractivity contribution is 5.52. The van der Waals surface area contributed by atoms with Crippen molar-refractivity contribution in [3.8, 4) is 11.4 Å². The van der Waals surface area contributed by atoms with Gasteiger partial charge in [0.05, 0.1) is 11.8 Å². The van der Waals surface area contributed by atoms with Gasteiger partial charge in [0.15, 0.2) is 5.82 Å². The number of nitrogens with zero attached hydrogens (tertiary/aromatic N) is 5. The fourth-order valence-electron chi connectivity index (χ4n) is 2.59. The zero-order valence-electron chi connectivity index (χ0n) is 10.8. The predicted octanol–water partition coefficient (Wildman–Crippen LogP) is 0.912. The minimum absolute atomic E-state index is 0.448. The number of aromatic nitrogens is 5. The molecule has 96 valence electrons. The highest BCUT2D eigenvalue weighted by atomic mass is 15.3. The predicted molar refractivity (Wildman–Crippen MR) is 68.1 cm³/mol. The van der Waals surface area contributed by atoms with Crippen molar-refractivity contribution in [2.24, 2.45) is 7.05 Å². The third kappa shape index (κ3) is 1.92. The van der Waals surface area contributed by atoms with E-state index in [9.17, 15) is 0 Å². The molecule has 0 bridgehead atoms. The molecule has 18 heavy (non-hydrogen) atoms. The molecule has 2 aromatic rings. The van der Waals surface area contributed by atoms with Crippen LogP contribution in [0.3, 0.4) is 0 Å². The molecule has 3 rings (SSSR count). The lowest BCUT2D eigenvalue weighted by Crippen LogP contribution is -2.32. The molecule has 0 saturated carbocycles. The normalized spacial score (nSPS) is 20.2. The zero-order valence-corrected chi connectivity index (χ0v) is 10.8. The summed E-state index contributed by atoms with van der Waals surface area (Å²) in [4.78, 5) is 0. The fourth-order valence-corrected chi connectivity index (χ4v) is 2.59. The second kappa shape index (κ2) is 4.53. The van der Waals surface area contributed by atoms with Crippen LogP contribution in [0.1, 0.15) is 24.7 Å². The van der Waals surface area contributed by atoms with Crippen LogP contribution in [0.4, 0.5) is 0 Å². The van der Waals surface area contributed by atoms with Gasteiger partial charge in [0.25, 0.3) is 0 Å². The number of rotatable bonds is 2. The topological polar surface area (TPSA) is 60.6 Å². The van der Waals surface area contributed by atoms with Crippen molar-refractivity contribution in [3.63, 3.8) is 0 Å². The van der Waals surface area contributed by atoms with Crippen LogP contribution >= 0.6 is 0 Å². The van der Waals surface area contributed by atoms with Crippen molar-refractivity contribution in [1.29, 1.82) is 0 Å². The molecule has 2 aromatic heterocycles. The third-order valence-corrected chi connectivity index (χ3v) is 3.47. The lowest BCUT2D eigenvalue weighted by atomic mass is 10.1.